The summed E-state index contributed by atoms with van der Waals surface area (Å²) in [6, 6.07) is 1.52. The van der Waals surface area contributed by atoms with Crippen molar-refractivity contribution in [2.45, 2.75) is 69.1 Å². The quantitative estimate of drug-likeness (QED) is 0.716. The minimum atomic E-state index is -0.166. The van der Waals surface area contributed by atoms with Crippen molar-refractivity contribution in [3.8, 4) is 0 Å². The summed E-state index contributed by atoms with van der Waals surface area (Å²) in [7, 11) is 0. The van der Waals surface area contributed by atoms with E-state index < -0.39 is 0 Å². The van der Waals surface area contributed by atoms with Crippen molar-refractivity contribution in [2.75, 3.05) is 12.3 Å². The molecule has 0 saturated carbocycles. The van der Waals surface area contributed by atoms with Gasteiger partial charge in [-0.25, -0.2) is 9.67 Å². The molecule has 8 nitrogen and oxygen atoms in total. The first kappa shape index (κ1) is 19.5. The molecule has 2 aromatic rings. The molecule has 0 aromatic carbocycles. The van der Waals surface area contributed by atoms with Crippen LogP contribution in [0.5, 0.6) is 0 Å². The third-order valence-electron chi connectivity index (χ3n) is 6.21. The van der Waals surface area contributed by atoms with Gasteiger partial charge in [-0.1, -0.05) is 11.8 Å². The molecule has 3 aliphatic rings. The number of fused-ring (bicyclic) bond motifs is 3. The van der Waals surface area contributed by atoms with E-state index in [1.165, 1.54) is 4.68 Å². The summed E-state index contributed by atoms with van der Waals surface area (Å²) in [5, 5.41) is 8.11. The van der Waals surface area contributed by atoms with Crippen molar-refractivity contribution in [1.82, 2.24) is 24.6 Å². The molecule has 0 radical (unpaired) electrons. The molecule has 5 rings (SSSR count). The third kappa shape index (κ3) is 3.59. The zero-order chi connectivity index (χ0) is 20.7. The minimum absolute atomic E-state index is 0.0279. The fourth-order valence-corrected chi connectivity index (χ4v) is 5.81. The van der Waals surface area contributed by atoms with E-state index in [2.05, 4.69) is 15.4 Å². The molecule has 1 atom stereocenters. The van der Waals surface area contributed by atoms with Gasteiger partial charge < -0.3 is 5.32 Å². The number of thioether (sulfide) groups is 1. The van der Waals surface area contributed by atoms with Crippen molar-refractivity contribution in [3.05, 3.63) is 49.3 Å². The number of carbonyl (C=O) groups excluding carboxylic acids is 1. The summed E-state index contributed by atoms with van der Waals surface area (Å²) < 4.78 is 3.16. The lowest BCUT2D eigenvalue weighted by molar-refractivity contribution is -0.121. The zero-order valence-corrected chi connectivity index (χ0v) is 17.7. The summed E-state index contributed by atoms with van der Waals surface area (Å²) >= 11 is 1.55. The highest BCUT2D eigenvalue weighted by Gasteiger charge is 2.31. The van der Waals surface area contributed by atoms with Crippen LogP contribution in [0.4, 0.5) is 0 Å². The van der Waals surface area contributed by atoms with Crippen LogP contribution in [0.2, 0.25) is 0 Å². The second kappa shape index (κ2) is 8.02. The van der Waals surface area contributed by atoms with Crippen molar-refractivity contribution in [2.24, 2.45) is 0 Å². The molecule has 2 aromatic heterocycles. The van der Waals surface area contributed by atoms with Gasteiger partial charge in [0.2, 0.25) is 5.91 Å². The fourth-order valence-electron chi connectivity index (χ4n) is 4.65. The van der Waals surface area contributed by atoms with E-state index in [9.17, 15) is 14.4 Å². The summed E-state index contributed by atoms with van der Waals surface area (Å²) in [6.45, 7) is 0.692. The Balaban J connectivity index is 1.21. The van der Waals surface area contributed by atoms with Gasteiger partial charge in [-0.15, -0.1) is 0 Å². The van der Waals surface area contributed by atoms with E-state index in [0.717, 1.165) is 72.6 Å². The van der Waals surface area contributed by atoms with E-state index in [4.69, 9.17) is 0 Å². The predicted molar refractivity (Wildman–Crippen MR) is 113 cm³/mol. The van der Waals surface area contributed by atoms with Crippen molar-refractivity contribution < 1.29 is 4.79 Å². The van der Waals surface area contributed by atoms with Gasteiger partial charge in [-0.2, -0.15) is 5.10 Å². The Morgan fingerprint density at radius 1 is 1.13 bits per heavy atom. The van der Waals surface area contributed by atoms with Crippen LogP contribution in [0.15, 0.2) is 20.8 Å². The predicted octanol–water partition coefficient (Wildman–Crippen LogP) is 1.02. The van der Waals surface area contributed by atoms with Crippen LogP contribution in [-0.2, 0) is 37.0 Å². The van der Waals surface area contributed by atoms with Crippen LogP contribution < -0.4 is 16.4 Å². The van der Waals surface area contributed by atoms with Crippen LogP contribution in [0, 0.1) is 0 Å². The summed E-state index contributed by atoms with van der Waals surface area (Å²) in [6.07, 6.45) is 6.93. The molecule has 30 heavy (non-hydrogen) atoms. The Morgan fingerprint density at radius 3 is 2.87 bits per heavy atom. The van der Waals surface area contributed by atoms with Crippen molar-refractivity contribution >= 4 is 17.7 Å². The minimum Gasteiger partial charge on any atom is -0.354 e. The Morgan fingerprint density at radius 2 is 1.97 bits per heavy atom. The lowest BCUT2D eigenvalue weighted by atomic mass is 9.97. The first-order chi connectivity index (χ1) is 14.6. The molecule has 1 amide bonds. The number of nitrogens with zero attached hydrogens (tertiary/aromatic N) is 4. The standard InChI is InChI=1S/C21H25N5O3S/c27-18(22-8-9-25-19(28)10-13-4-1-2-6-16(13)24-25)11-14-12-30-21-23-17-7-3-5-15(17)20(29)26(14)21/h10,14H,1-9,11-12H2,(H,22,27). The SMILES string of the molecule is O=C(CC1CSc2nc3c(c(=O)n21)CCC3)NCCn1nc2c(cc1=O)CCCC2. The molecule has 0 spiro atoms. The smallest absolute Gasteiger partial charge is 0.267 e. The lowest BCUT2D eigenvalue weighted by Crippen LogP contribution is -2.35. The number of aryl methyl sites for hydroxylation is 3. The molecular formula is C21H25N5O3S. The Labute approximate surface area is 178 Å². The maximum atomic E-state index is 12.8. The maximum Gasteiger partial charge on any atom is 0.267 e. The van der Waals surface area contributed by atoms with Gasteiger partial charge in [0, 0.05) is 30.3 Å². The van der Waals surface area contributed by atoms with E-state index in [0.29, 0.717) is 18.8 Å². The monoisotopic (exact) mass is 427 g/mol. The zero-order valence-electron chi connectivity index (χ0n) is 16.9. The van der Waals surface area contributed by atoms with Crippen LogP contribution in [0.1, 0.15) is 54.2 Å². The highest BCUT2D eigenvalue weighted by Crippen LogP contribution is 2.33. The van der Waals surface area contributed by atoms with E-state index in [-0.39, 0.29) is 29.5 Å². The second-order valence-electron chi connectivity index (χ2n) is 8.25. The van der Waals surface area contributed by atoms with Crippen molar-refractivity contribution in [1.29, 1.82) is 0 Å². The molecule has 0 fully saturated rings. The molecule has 1 aliphatic heterocycles. The number of rotatable bonds is 5. The normalized spacial score (nSPS) is 19.3. The molecule has 3 heterocycles. The highest BCUT2D eigenvalue weighted by molar-refractivity contribution is 7.99. The molecule has 9 heteroatoms. The number of aromatic nitrogens is 4. The average molecular weight is 428 g/mol. The van der Waals surface area contributed by atoms with Crippen molar-refractivity contribution in [3.63, 3.8) is 0 Å². The molecule has 0 saturated heterocycles. The Hall–Kier alpha value is -2.42. The number of hydrogen-bond acceptors (Lipinski definition) is 6. The number of nitrogens with one attached hydrogen (secondary N) is 1. The van der Waals surface area contributed by atoms with Gasteiger partial charge in [0.25, 0.3) is 11.1 Å². The average Bonchev–Trinajstić information content (AvgIpc) is 3.36. The van der Waals surface area contributed by atoms with Gasteiger partial charge in [0.15, 0.2) is 5.16 Å². The third-order valence-corrected chi connectivity index (χ3v) is 7.31. The van der Waals surface area contributed by atoms with Gasteiger partial charge in [0.05, 0.1) is 24.0 Å². The summed E-state index contributed by atoms with van der Waals surface area (Å²) in [4.78, 5) is 42.2. The molecular weight excluding hydrogens is 402 g/mol. The molecule has 0 bridgehead atoms. The second-order valence-corrected chi connectivity index (χ2v) is 9.24. The highest BCUT2D eigenvalue weighted by atomic mass is 32.2. The summed E-state index contributed by atoms with van der Waals surface area (Å²) in [5.41, 5.74) is 3.75. The number of carbonyl (C=O) groups is 1. The van der Waals surface area contributed by atoms with Gasteiger partial charge in [0.1, 0.15) is 0 Å². The topological polar surface area (TPSA) is 98.9 Å². The molecule has 1 N–H and O–H groups in total. The van der Waals surface area contributed by atoms with Gasteiger partial charge in [-0.3, -0.25) is 19.0 Å². The number of hydrogen-bond donors (Lipinski definition) is 1. The van der Waals surface area contributed by atoms with E-state index >= 15 is 0 Å². The Kier molecular flexibility index (Phi) is 5.22. The lowest BCUT2D eigenvalue weighted by Gasteiger charge is -2.16. The van der Waals surface area contributed by atoms with Crippen LogP contribution in [0.3, 0.4) is 0 Å². The molecule has 158 valence electrons. The van der Waals surface area contributed by atoms with Crippen LogP contribution >= 0.6 is 11.8 Å². The molecule has 1 unspecified atom stereocenters. The number of amides is 1. The van der Waals surface area contributed by atoms with Gasteiger partial charge >= 0.3 is 0 Å². The van der Waals surface area contributed by atoms with Crippen LogP contribution in [0.25, 0.3) is 0 Å². The largest absolute Gasteiger partial charge is 0.354 e. The maximum absolute atomic E-state index is 12.8. The van der Waals surface area contributed by atoms with E-state index in [1.54, 1.807) is 22.4 Å². The molecule has 2 aliphatic carbocycles. The first-order valence-corrected chi connectivity index (χ1v) is 11.7. The first-order valence-electron chi connectivity index (χ1n) is 10.7. The van der Waals surface area contributed by atoms with Gasteiger partial charge in [-0.05, 0) is 50.5 Å². The fraction of sp³-hybridized carbons (Fsp3) is 0.571. The summed E-state index contributed by atoms with van der Waals surface area (Å²) in [5.74, 6) is 0.566. The van der Waals surface area contributed by atoms with Crippen LogP contribution in [-0.4, -0.2) is 37.5 Å². The Bertz CT molecular complexity index is 1120. The van der Waals surface area contributed by atoms with E-state index in [1.807, 2.05) is 0 Å².